The Kier molecular flexibility index (Phi) is 8.88. The van der Waals surface area contributed by atoms with Gasteiger partial charge in [0.1, 0.15) is 5.75 Å². The summed E-state index contributed by atoms with van der Waals surface area (Å²) in [5.41, 5.74) is 3.96. The van der Waals surface area contributed by atoms with Crippen LogP contribution in [0.2, 0.25) is 5.02 Å². The van der Waals surface area contributed by atoms with Gasteiger partial charge in [-0.1, -0.05) is 37.6 Å². The summed E-state index contributed by atoms with van der Waals surface area (Å²) in [7, 11) is 0. The minimum atomic E-state index is 0.0377. The topological polar surface area (TPSA) is 74.6 Å². The Morgan fingerprint density at radius 2 is 2.11 bits per heavy atom. The van der Waals surface area contributed by atoms with E-state index in [1.165, 1.54) is 0 Å². The highest BCUT2D eigenvalue weighted by Gasteiger charge is 2.13. The number of hydrogen-bond donors (Lipinski definition) is 2. The molecule has 0 saturated heterocycles. The molecule has 2 aromatic carbocycles. The molecule has 7 heteroatoms. The Morgan fingerprint density at radius 3 is 2.89 bits per heavy atom. The number of rotatable bonds is 10. The van der Waals surface area contributed by atoms with Gasteiger partial charge in [0, 0.05) is 57.8 Å². The van der Waals surface area contributed by atoms with Crippen molar-refractivity contribution in [1.82, 2.24) is 4.98 Å². The van der Waals surface area contributed by atoms with Gasteiger partial charge in [0.05, 0.1) is 5.52 Å². The van der Waals surface area contributed by atoms with Crippen LogP contribution in [0, 0.1) is 0 Å². The second kappa shape index (κ2) is 12.5. The van der Waals surface area contributed by atoms with Crippen molar-refractivity contribution in [3.8, 4) is 5.75 Å². The summed E-state index contributed by atoms with van der Waals surface area (Å²) in [6.45, 7) is 4.15. The van der Waals surface area contributed by atoms with Gasteiger partial charge in [-0.05, 0) is 77.4 Å². The van der Waals surface area contributed by atoms with Crippen LogP contribution >= 0.6 is 22.9 Å². The largest absolute Gasteiger partial charge is 0.507 e. The number of phenols is 1. The van der Waals surface area contributed by atoms with E-state index in [9.17, 15) is 9.90 Å². The fraction of sp³-hybridized carbons (Fsp3) is 0.167. The number of thiophene rings is 1. The zero-order valence-electron chi connectivity index (χ0n) is 20.7. The zero-order valence-corrected chi connectivity index (χ0v) is 22.3. The number of ketones is 1. The molecule has 0 radical (unpaired) electrons. The number of carbonyl (C=O) groups excluding carboxylic acids is 1. The van der Waals surface area contributed by atoms with Gasteiger partial charge >= 0.3 is 0 Å². The van der Waals surface area contributed by atoms with E-state index in [0.717, 1.165) is 39.0 Å². The maximum Gasteiger partial charge on any atom is 0.160 e. The average molecular weight is 530 g/mol. The first-order valence-corrected chi connectivity index (χ1v) is 13.3. The lowest BCUT2D eigenvalue weighted by Crippen LogP contribution is -1.98. The van der Waals surface area contributed by atoms with Crippen LogP contribution in [0.4, 0.5) is 5.69 Å². The Morgan fingerprint density at radius 1 is 1.24 bits per heavy atom. The molecule has 0 fully saturated rings. The van der Waals surface area contributed by atoms with Crippen molar-refractivity contribution in [1.29, 1.82) is 0 Å². The predicted molar refractivity (Wildman–Crippen MR) is 156 cm³/mol. The Hall–Kier alpha value is -3.74. The molecule has 188 valence electrons. The molecule has 2 aromatic heterocycles. The molecule has 0 spiro atoms. The van der Waals surface area contributed by atoms with Gasteiger partial charge in [-0.3, -0.25) is 14.8 Å². The number of benzene rings is 2. The van der Waals surface area contributed by atoms with Crippen LogP contribution in [-0.2, 0) is 11.2 Å². The van der Waals surface area contributed by atoms with Crippen LogP contribution in [-0.4, -0.2) is 22.1 Å². The quantitative estimate of drug-likeness (QED) is 0.161. The summed E-state index contributed by atoms with van der Waals surface area (Å²) in [4.78, 5) is 22.1. The van der Waals surface area contributed by atoms with Crippen LogP contribution in [0.1, 0.15) is 47.8 Å². The number of anilines is 1. The summed E-state index contributed by atoms with van der Waals surface area (Å²) in [6, 6.07) is 15.1. The second-order valence-electron chi connectivity index (χ2n) is 8.67. The Labute approximate surface area is 225 Å². The van der Waals surface area contributed by atoms with Crippen LogP contribution in [0.15, 0.2) is 83.6 Å². The van der Waals surface area contributed by atoms with Crippen molar-refractivity contribution in [3.05, 3.63) is 105 Å². The maximum atomic E-state index is 12.4. The van der Waals surface area contributed by atoms with Gasteiger partial charge in [-0.2, -0.15) is 0 Å². The van der Waals surface area contributed by atoms with Crippen molar-refractivity contribution in [2.24, 2.45) is 4.99 Å². The van der Waals surface area contributed by atoms with Gasteiger partial charge < -0.3 is 10.4 Å². The number of carbonyl (C=O) groups is 1. The number of aromatic hydroxyl groups is 1. The zero-order chi connectivity index (χ0) is 26.2. The first kappa shape index (κ1) is 26.3. The molecular weight excluding hydrogens is 502 g/mol. The fourth-order valence-electron chi connectivity index (χ4n) is 3.87. The predicted octanol–water partition coefficient (Wildman–Crippen LogP) is 8.00. The number of aliphatic imine (C=N–C) groups is 1. The summed E-state index contributed by atoms with van der Waals surface area (Å²) in [6.07, 6.45) is 11.3. The number of halogens is 1. The van der Waals surface area contributed by atoms with E-state index in [1.807, 2.05) is 53.9 Å². The molecule has 0 saturated carbocycles. The smallest absolute Gasteiger partial charge is 0.160 e. The molecule has 0 aliphatic rings. The molecule has 1 atom stereocenters. The number of hydrogen-bond acceptors (Lipinski definition) is 6. The highest BCUT2D eigenvalue weighted by Crippen LogP contribution is 2.32. The van der Waals surface area contributed by atoms with E-state index in [1.54, 1.807) is 48.3 Å². The molecule has 0 aliphatic carbocycles. The van der Waals surface area contributed by atoms with E-state index >= 15 is 0 Å². The summed E-state index contributed by atoms with van der Waals surface area (Å²) < 4.78 is 0. The highest BCUT2D eigenvalue weighted by molar-refractivity contribution is 7.10. The molecular formula is C30H28ClN3O2S. The highest BCUT2D eigenvalue weighted by atomic mass is 35.5. The molecule has 1 unspecified atom stereocenters. The number of allylic oxidation sites excluding steroid dienone is 1. The summed E-state index contributed by atoms with van der Waals surface area (Å²) in [5.74, 6) is 0.405. The first-order chi connectivity index (χ1) is 17.9. The molecule has 0 bridgehead atoms. The second-order valence-corrected chi connectivity index (χ2v) is 10.1. The number of nitrogens with one attached hydrogen (secondary N) is 1. The van der Waals surface area contributed by atoms with E-state index in [2.05, 4.69) is 29.1 Å². The number of aromatic nitrogens is 1. The van der Waals surface area contributed by atoms with Crippen molar-refractivity contribution in [2.45, 2.75) is 32.6 Å². The van der Waals surface area contributed by atoms with E-state index in [0.29, 0.717) is 17.0 Å². The lowest BCUT2D eigenvalue weighted by molar-refractivity contribution is -0.113. The van der Waals surface area contributed by atoms with Crippen LogP contribution in [0.3, 0.4) is 0 Å². The van der Waals surface area contributed by atoms with Gasteiger partial charge in [0.2, 0.25) is 0 Å². The third-order valence-corrected chi connectivity index (χ3v) is 7.15. The van der Waals surface area contributed by atoms with Crippen LogP contribution < -0.4 is 5.32 Å². The molecule has 4 rings (SSSR count). The number of phenolic OH excluding ortho intramolecular Hbond substituents is 1. The molecule has 0 amide bonds. The third-order valence-electron chi connectivity index (χ3n) is 6.04. The minimum absolute atomic E-state index is 0.0377. The SMILES string of the molecule is CCC(C)c1cc(/C=C/C(=O)Cc2cccs2)cc(C=N/C=C/Nc2ccnc3cc(Cl)ccc23)c1O. The van der Waals surface area contributed by atoms with Gasteiger partial charge in [0.25, 0.3) is 0 Å². The molecule has 5 nitrogen and oxygen atoms in total. The Bertz CT molecular complexity index is 1480. The molecule has 0 aliphatic heterocycles. The Balaban J connectivity index is 1.51. The standard InChI is InChI=1S/C30H28ClN3O2S/c1-3-20(2)27-16-21(6-8-24(35)18-25-5-4-14-37-25)15-22(30(27)36)19-32-12-13-34-28-10-11-33-29-17-23(31)7-9-26(28)29/h4-17,19-20,36H,3,18H2,1-2H3,(H,33,34)/b8-6+,13-12+,32-19?. The van der Waals surface area contributed by atoms with E-state index in [-0.39, 0.29) is 17.5 Å². The van der Waals surface area contributed by atoms with Crippen molar-refractivity contribution < 1.29 is 9.90 Å². The van der Waals surface area contributed by atoms with Gasteiger partial charge in [-0.15, -0.1) is 11.3 Å². The average Bonchev–Trinajstić information content (AvgIpc) is 3.40. The summed E-state index contributed by atoms with van der Waals surface area (Å²) in [5, 5.41) is 17.7. The van der Waals surface area contributed by atoms with E-state index < -0.39 is 0 Å². The molecule has 2 heterocycles. The third kappa shape index (κ3) is 6.94. The number of pyridine rings is 1. The van der Waals surface area contributed by atoms with Crippen molar-refractivity contribution in [2.75, 3.05) is 5.32 Å². The van der Waals surface area contributed by atoms with Gasteiger partial charge in [-0.25, -0.2) is 0 Å². The fourth-order valence-corrected chi connectivity index (χ4v) is 4.75. The lowest BCUT2D eigenvalue weighted by atomic mass is 9.93. The van der Waals surface area contributed by atoms with Crippen molar-refractivity contribution in [3.63, 3.8) is 0 Å². The van der Waals surface area contributed by atoms with Crippen molar-refractivity contribution >= 4 is 57.6 Å². The number of fused-ring (bicyclic) bond motifs is 1. The van der Waals surface area contributed by atoms with Gasteiger partial charge in [0.15, 0.2) is 5.78 Å². The molecule has 37 heavy (non-hydrogen) atoms. The number of nitrogens with zero attached hydrogens (tertiary/aromatic N) is 2. The first-order valence-electron chi connectivity index (χ1n) is 12.0. The monoisotopic (exact) mass is 529 g/mol. The molecule has 4 aromatic rings. The van der Waals surface area contributed by atoms with Crippen LogP contribution in [0.25, 0.3) is 17.0 Å². The van der Waals surface area contributed by atoms with Crippen LogP contribution in [0.5, 0.6) is 5.75 Å². The van der Waals surface area contributed by atoms with E-state index in [4.69, 9.17) is 11.6 Å². The minimum Gasteiger partial charge on any atom is -0.507 e. The summed E-state index contributed by atoms with van der Waals surface area (Å²) >= 11 is 7.64. The normalized spacial score (nSPS) is 12.7. The lowest BCUT2D eigenvalue weighted by Gasteiger charge is -2.14. The maximum absolute atomic E-state index is 12.4. The molecule has 2 N–H and O–H groups in total.